The third kappa shape index (κ3) is 4.04. The summed E-state index contributed by atoms with van der Waals surface area (Å²) in [5.74, 6) is -0.957. The van der Waals surface area contributed by atoms with E-state index in [0.717, 1.165) is 49.0 Å². The van der Waals surface area contributed by atoms with E-state index in [9.17, 15) is 14.7 Å². The highest BCUT2D eigenvalue weighted by molar-refractivity contribution is 5.95. The molecule has 29 heavy (non-hydrogen) atoms. The van der Waals surface area contributed by atoms with Gasteiger partial charge in [0, 0.05) is 36.3 Å². The van der Waals surface area contributed by atoms with E-state index in [1.165, 1.54) is 0 Å². The van der Waals surface area contributed by atoms with Crippen LogP contribution < -0.4 is 4.90 Å². The quantitative estimate of drug-likeness (QED) is 0.710. The van der Waals surface area contributed by atoms with Gasteiger partial charge in [0.2, 0.25) is 5.91 Å². The number of benzene rings is 1. The highest BCUT2D eigenvalue weighted by atomic mass is 16.4. The molecule has 1 aliphatic rings. The zero-order chi connectivity index (χ0) is 21.1. The maximum absolute atomic E-state index is 12.5. The number of aryl methyl sites for hydroxylation is 1. The normalized spacial score (nSPS) is 21.1. The number of aromatic nitrogens is 3. The number of anilines is 1. The van der Waals surface area contributed by atoms with Gasteiger partial charge >= 0.3 is 5.97 Å². The van der Waals surface area contributed by atoms with Crippen LogP contribution in [-0.4, -0.2) is 38.0 Å². The molecule has 3 rings (SSSR count). The first kappa shape index (κ1) is 21.0. The number of aromatic carboxylic acids is 1. The SMILES string of the molecule is CCCCCc1cn(C2c3cc(C(=O)O)ccc3N(C(C)=O)C(CC)C2C)nn1. The molecule has 1 aromatic carbocycles. The third-order valence-corrected chi connectivity index (χ3v) is 5.93. The summed E-state index contributed by atoms with van der Waals surface area (Å²) >= 11 is 0. The predicted octanol–water partition coefficient (Wildman–Crippen LogP) is 4.08. The van der Waals surface area contributed by atoms with Crippen molar-refractivity contribution in [2.45, 2.75) is 71.9 Å². The number of carbonyl (C=O) groups excluding carboxylic acids is 1. The molecule has 0 saturated carbocycles. The summed E-state index contributed by atoms with van der Waals surface area (Å²) in [6.45, 7) is 7.90. The van der Waals surface area contributed by atoms with Crippen molar-refractivity contribution in [2.75, 3.05) is 4.90 Å². The van der Waals surface area contributed by atoms with Crippen molar-refractivity contribution in [1.82, 2.24) is 15.0 Å². The highest BCUT2D eigenvalue weighted by Crippen LogP contribution is 2.44. The third-order valence-electron chi connectivity index (χ3n) is 5.93. The Hall–Kier alpha value is -2.70. The minimum absolute atomic E-state index is 0.00780. The van der Waals surface area contributed by atoms with Crippen molar-refractivity contribution in [2.24, 2.45) is 5.92 Å². The van der Waals surface area contributed by atoms with E-state index in [0.29, 0.717) is 0 Å². The van der Waals surface area contributed by atoms with Crippen LogP contribution in [0.4, 0.5) is 5.69 Å². The van der Waals surface area contributed by atoms with E-state index in [1.54, 1.807) is 30.0 Å². The number of unbranched alkanes of at least 4 members (excludes halogenated alkanes) is 2. The number of fused-ring (bicyclic) bond motifs is 1. The zero-order valence-electron chi connectivity index (χ0n) is 17.6. The van der Waals surface area contributed by atoms with Crippen molar-refractivity contribution in [1.29, 1.82) is 0 Å². The first-order chi connectivity index (χ1) is 13.9. The van der Waals surface area contributed by atoms with E-state index < -0.39 is 5.97 Å². The molecule has 2 heterocycles. The van der Waals surface area contributed by atoms with Crippen LogP contribution in [0.25, 0.3) is 0 Å². The molecule has 156 valence electrons. The molecule has 1 amide bonds. The number of amides is 1. The van der Waals surface area contributed by atoms with Crippen molar-refractivity contribution >= 4 is 17.6 Å². The Morgan fingerprint density at radius 2 is 1.97 bits per heavy atom. The summed E-state index contributed by atoms with van der Waals surface area (Å²) in [6.07, 6.45) is 7.04. The second-order valence-corrected chi connectivity index (χ2v) is 7.89. The van der Waals surface area contributed by atoms with Crippen molar-refractivity contribution < 1.29 is 14.7 Å². The summed E-state index contributed by atoms with van der Waals surface area (Å²) in [5, 5.41) is 18.2. The molecular weight excluding hydrogens is 368 g/mol. The molecule has 1 N–H and O–H groups in total. The fourth-order valence-electron chi connectivity index (χ4n) is 4.51. The van der Waals surface area contributed by atoms with E-state index in [1.807, 2.05) is 10.9 Å². The van der Waals surface area contributed by atoms with Gasteiger partial charge in [0.05, 0.1) is 17.3 Å². The molecule has 0 bridgehead atoms. The number of carbonyl (C=O) groups is 2. The monoisotopic (exact) mass is 398 g/mol. The Labute approximate surface area is 171 Å². The van der Waals surface area contributed by atoms with Gasteiger partial charge in [-0.3, -0.25) is 4.79 Å². The van der Waals surface area contributed by atoms with Crippen LogP contribution in [-0.2, 0) is 11.2 Å². The van der Waals surface area contributed by atoms with Crippen molar-refractivity contribution in [3.8, 4) is 0 Å². The Kier molecular flexibility index (Phi) is 6.35. The molecule has 3 atom stereocenters. The van der Waals surface area contributed by atoms with Crippen LogP contribution in [0, 0.1) is 5.92 Å². The van der Waals surface area contributed by atoms with Crippen molar-refractivity contribution in [3.63, 3.8) is 0 Å². The van der Waals surface area contributed by atoms with Gasteiger partial charge < -0.3 is 10.0 Å². The Balaban J connectivity index is 2.08. The van der Waals surface area contributed by atoms with Gasteiger partial charge in [0.1, 0.15) is 0 Å². The van der Waals surface area contributed by atoms with Gasteiger partial charge in [0.25, 0.3) is 0 Å². The Morgan fingerprint density at radius 1 is 1.21 bits per heavy atom. The Bertz CT molecular complexity index is 892. The smallest absolute Gasteiger partial charge is 0.335 e. The summed E-state index contributed by atoms with van der Waals surface area (Å²) < 4.78 is 1.86. The molecule has 0 aliphatic carbocycles. The minimum Gasteiger partial charge on any atom is -0.478 e. The molecule has 0 fully saturated rings. The number of rotatable bonds is 7. The van der Waals surface area contributed by atoms with Crippen LogP contribution in [0.3, 0.4) is 0 Å². The van der Waals surface area contributed by atoms with Crippen LogP contribution in [0.2, 0.25) is 0 Å². The molecule has 7 nitrogen and oxygen atoms in total. The topological polar surface area (TPSA) is 88.3 Å². The summed E-state index contributed by atoms with van der Waals surface area (Å²) in [6, 6.07) is 4.83. The van der Waals surface area contributed by atoms with Gasteiger partial charge in [-0.15, -0.1) is 5.10 Å². The van der Waals surface area contributed by atoms with Gasteiger partial charge in [-0.2, -0.15) is 0 Å². The molecule has 7 heteroatoms. The molecule has 1 aliphatic heterocycles. The number of carboxylic acids is 1. The lowest BCUT2D eigenvalue weighted by atomic mass is 9.80. The van der Waals surface area contributed by atoms with E-state index in [4.69, 9.17) is 0 Å². The lowest BCUT2D eigenvalue weighted by molar-refractivity contribution is -0.117. The van der Waals surface area contributed by atoms with Crippen LogP contribution in [0.1, 0.15) is 81.0 Å². The molecular formula is C22H30N4O3. The molecule has 2 aromatic rings. The van der Waals surface area contributed by atoms with E-state index >= 15 is 0 Å². The van der Waals surface area contributed by atoms with Gasteiger partial charge in [-0.05, 0) is 37.5 Å². The summed E-state index contributed by atoms with van der Waals surface area (Å²) in [4.78, 5) is 25.9. The van der Waals surface area contributed by atoms with Gasteiger partial charge in [-0.25, -0.2) is 9.48 Å². The molecule has 0 spiro atoms. The summed E-state index contributed by atoms with van der Waals surface area (Å²) in [5.41, 5.74) is 2.73. The number of hydrogen-bond acceptors (Lipinski definition) is 4. The summed E-state index contributed by atoms with van der Waals surface area (Å²) in [7, 11) is 0. The standard InChI is InChI=1S/C22H30N4O3/c1-5-7-8-9-17-13-25(24-23-17)21-14(3)19(6-2)26(15(4)27)20-11-10-16(22(28)29)12-18(20)21/h10-14,19,21H,5-9H2,1-4H3,(H,28,29). The number of nitrogens with zero attached hydrogens (tertiary/aromatic N) is 4. The largest absolute Gasteiger partial charge is 0.478 e. The zero-order valence-corrected chi connectivity index (χ0v) is 17.6. The van der Waals surface area contributed by atoms with Crippen LogP contribution in [0.15, 0.2) is 24.4 Å². The highest BCUT2D eigenvalue weighted by Gasteiger charge is 2.41. The fraction of sp³-hybridized carbons (Fsp3) is 0.545. The first-order valence-electron chi connectivity index (χ1n) is 10.5. The minimum atomic E-state index is -0.981. The van der Waals surface area contributed by atoms with Gasteiger partial charge in [0.15, 0.2) is 0 Å². The maximum atomic E-state index is 12.5. The average molecular weight is 399 g/mol. The predicted molar refractivity (Wildman–Crippen MR) is 111 cm³/mol. The molecule has 3 unspecified atom stereocenters. The maximum Gasteiger partial charge on any atom is 0.335 e. The van der Waals surface area contributed by atoms with E-state index in [-0.39, 0.29) is 29.5 Å². The second kappa shape index (κ2) is 8.76. The second-order valence-electron chi connectivity index (χ2n) is 7.89. The lowest BCUT2D eigenvalue weighted by Crippen LogP contribution is -2.49. The Morgan fingerprint density at radius 3 is 2.59 bits per heavy atom. The van der Waals surface area contributed by atoms with E-state index in [2.05, 4.69) is 31.1 Å². The van der Waals surface area contributed by atoms with Crippen LogP contribution >= 0.6 is 0 Å². The average Bonchev–Trinajstić information content (AvgIpc) is 3.14. The fourth-order valence-corrected chi connectivity index (χ4v) is 4.51. The first-order valence-corrected chi connectivity index (χ1v) is 10.5. The molecule has 1 aromatic heterocycles. The van der Waals surface area contributed by atoms with Gasteiger partial charge in [-0.1, -0.05) is 38.8 Å². The van der Waals surface area contributed by atoms with Crippen LogP contribution in [0.5, 0.6) is 0 Å². The number of hydrogen-bond donors (Lipinski definition) is 1. The number of carboxylic acid groups (broad SMARTS) is 1. The molecule has 0 saturated heterocycles. The van der Waals surface area contributed by atoms with Crippen molar-refractivity contribution in [3.05, 3.63) is 41.2 Å². The lowest BCUT2D eigenvalue weighted by Gasteiger charge is -2.44. The molecule has 0 radical (unpaired) electrons.